The summed E-state index contributed by atoms with van der Waals surface area (Å²) >= 11 is 11.4. The number of benzene rings is 4. The molecule has 4 fully saturated rings. The molecule has 4 aromatic carbocycles. The van der Waals surface area contributed by atoms with Crippen LogP contribution in [0.4, 0.5) is 17.6 Å². The molecule has 8 aromatic heterocycles. The van der Waals surface area contributed by atoms with Crippen LogP contribution in [-0.2, 0) is 9.47 Å². The summed E-state index contributed by atoms with van der Waals surface area (Å²) < 4.78 is 85.1. The number of ether oxygens (including phenoxy) is 5. The number of esters is 2. The molecule has 0 aliphatic heterocycles. The molecule has 568 valence electrons. The van der Waals surface area contributed by atoms with Crippen molar-refractivity contribution in [2.24, 2.45) is 11.5 Å². The molecule has 12 aromatic rings. The highest BCUT2D eigenvalue weighted by Crippen LogP contribution is 2.44. The van der Waals surface area contributed by atoms with E-state index in [-0.39, 0.29) is 88.8 Å². The van der Waals surface area contributed by atoms with Crippen molar-refractivity contribution >= 4 is 121 Å². The third-order valence-electron chi connectivity index (χ3n) is 18.6. The van der Waals surface area contributed by atoms with Crippen molar-refractivity contribution in [1.29, 1.82) is 0 Å². The van der Waals surface area contributed by atoms with Crippen LogP contribution in [0.15, 0.2) is 121 Å². The van der Waals surface area contributed by atoms with Crippen LogP contribution in [0, 0.1) is 23.3 Å². The molecule has 0 spiro atoms. The van der Waals surface area contributed by atoms with E-state index in [1.165, 1.54) is 132 Å². The summed E-state index contributed by atoms with van der Waals surface area (Å²) in [6.07, 6.45) is 22.7. The van der Waals surface area contributed by atoms with Gasteiger partial charge in [-0.05, 0) is 199 Å². The molecule has 0 radical (unpaired) electrons. The summed E-state index contributed by atoms with van der Waals surface area (Å²) in [7, 11) is 0. The number of aliphatic hydroxyl groups is 1. The minimum Gasteiger partial charge on any atom is -0.473 e. The standard InChI is InChI=1S/C21H21FN2O3S.2C19H18FN3O2S.C15H10ClFN2O2S.C6H12O/c1-2-26-21(25)18-19-16(12-17(28-19)13-7-6-8-14(22)11-13)20(24-23-18)27-15-9-4-3-5-10-15;2*20-12-6-4-5-11(9-12)15-10-14-17(26-15)16(18(21)24)22-23-19(14)25-13-7-2-1-3-8-13;1-2-21-15(20)12-13-10(14(16)19-18-12)7-11(22-13)8-4-3-5-9(17)6-8;7-6-4-2-1-3-5-6/h6-8,11-12,15H,2-5,9-10H2,1H3;2*4-6,9-10,13H,1-3,7-8H2,(H2,21,24);3-7H,2H2,1H3;6-7H,1-5H2. The Bertz CT molecular complexity index is 5040. The quantitative estimate of drug-likeness (QED) is 0.0598. The van der Waals surface area contributed by atoms with Gasteiger partial charge < -0.3 is 40.3 Å². The number of aromatic nitrogens is 8. The molecule has 20 nitrogen and oxygen atoms in total. The molecule has 2 amide bonds. The fourth-order valence-corrected chi connectivity index (χ4v) is 17.9. The van der Waals surface area contributed by atoms with Crippen molar-refractivity contribution in [3.05, 3.63) is 173 Å². The van der Waals surface area contributed by atoms with Gasteiger partial charge in [0.1, 0.15) is 41.6 Å². The van der Waals surface area contributed by atoms with E-state index in [9.17, 15) is 36.7 Å². The molecule has 109 heavy (non-hydrogen) atoms. The third kappa shape index (κ3) is 20.2. The number of aliphatic hydroxyl groups excluding tert-OH is 1. The van der Waals surface area contributed by atoms with Crippen LogP contribution in [0.1, 0.15) is 184 Å². The fourth-order valence-electron chi connectivity index (χ4n) is 13.2. The Balaban J connectivity index is 0.000000132. The van der Waals surface area contributed by atoms with Crippen LogP contribution in [0.2, 0.25) is 5.15 Å². The molecule has 4 saturated carbocycles. The first kappa shape index (κ1) is 78.9. The predicted molar refractivity (Wildman–Crippen MR) is 417 cm³/mol. The Morgan fingerprint density at radius 2 is 0.670 bits per heavy atom. The number of amides is 2. The second-order valence-electron chi connectivity index (χ2n) is 26.5. The molecule has 4 aliphatic carbocycles. The molecule has 0 saturated heterocycles. The van der Waals surface area contributed by atoms with Gasteiger partial charge in [0.15, 0.2) is 27.9 Å². The van der Waals surface area contributed by atoms with E-state index in [1.807, 2.05) is 36.4 Å². The first-order valence-corrected chi connectivity index (χ1v) is 40.0. The molecule has 8 heterocycles. The topological polar surface area (TPSA) is 290 Å². The Kier molecular flexibility index (Phi) is 27.2. The number of halogens is 5. The van der Waals surface area contributed by atoms with Crippen molar-refractivity contribution in [3.8, 4) is 59.4 Å². The number of carbonyl (C=O) groups is 4. The van der Waals surface area contributed by atoms with Crippen LogP contribution in [0.25, 0.3) is 82.1 Å². The fraction of sp³-hybridized carbons (Fsp3) is 0.350. The molecule has 0 bridgehead atoms. The molecule has 4 aliphatic rings. The van der Waals surface area contributed by atoms with Gasteiger partial charge >= 0.3 is 11.9 Å². The van der Waals surface area contributed by atoms with Gasteiger partial charge in [0, 0.05) is 24.9 Å². The zero-order chi connectivity index (χ0) is 76.5. The summed E-state index contributed by atoms with van der Waals surface area (Å²) in [5.41, 5.74) is 14.3. The lowest BCUT2D eigenvalue weighted by molar-refractivity contribution is 0.0511. The maximum Gasteiger partial charge on any atom is 0.360 e. The van der Waals surface area contributed by atoms with Gasteiger partial charge in [0.05, 0.1) is 54.3 Å². The summed E-state index contributed by atoms with van der Waals surface area (Å²) in [4.78, 5) is 51.0. The van der Waals surface area contributed by atoms with Crippen molar-refractivity contribution in [1.82, 2.24) is 40.8 Å². The van der Waals surface area contributed by atoms with Crippen LogP contribution in [-0.4, -0.2) is 107 Å². The monoisotopic (exact) mass is 1580 g/mol. The Hall–Kier alpha value is -9.71. The third-order valence-corrected chi connectivity index (χ3v) is 23.6. The van der Waals surface area contributed by atoms with E-state index in [0.717, 1.165) is 126 Å². The number of thiophene rings is 4. The van der Waals surface area contributed by atoms with E-state index < -0.39 is 23.8 Å². The summed E-state index contributed by atoms with van der Waals surface area (Å²) in [5.74, 6) is -2.37. The molecule has 16 rings (SSSR count). The second-order valence-corrected chi connectivity index (χ2v) is 31.0. The number of carbonyl (C=O) groups excluding carboxylic acids is 4. The summed E-state index contributed by atoms with van der Waals surface area (Å²) in [5, 5.41) is 43.9. The van der Waals surface area contributed by atoms with E-state index in [0.29, 0.717) is 63.5 Å². The number of hydrogen-bond acceptors (Lipinski definition) is 22. The van der Waals surface area contributed by atoms with Crippen molar-refractivity contribution in [2.75, 3.05) is 13.2 Å². The largest absolute Gasteiger partial charge is 0.473 e. The molecule has 0 atom stereocenters. The van der Waals surface area contributed by atoms with E-state index >= 15 is 0 Å². The highest BCUT2D eigenvalue weighted by molar-refractivity contribution is 7.24. The molecule has 0 unspecified atom stereocenters. The molecular formula is C80H79ClF4N10O10S4. The minimum atomic E-state index is -0.639. The van der Waals surface area contributed by atoms with Crippen molar-refractivity contribution < 1.29 is 65.5 Å². The van der Waals surface area contributed by atoms with Gasteiger partial charge in [-0.25, -0.2) is 27.2 Å². The second kappa shape index (κ2) is 37.6. The zero-order valence-electron chi connectivity index (χ0n) is 59.8. The highest BCUT2D eigenvalue weighted by atomic mass is 35.5. The minimum absolute atomic E-state index is 0.0359. The molecule has 5 N–H and O–H groups in total. The maximum atomic E-state index is 13.7. The van der Waals surface area contributed by atoms with Gasteiger partial charge in [-0.2, -0.15) is 0 Å². The summed E-state index contributed by atoms with van der Waals surface area (Å²) in [6, 6.07) is 32.6. The van der Waals surface area contributed by atoms with Gasteiger partial charge in [0.2, 0.25) is 17.6 Å². The average molecular weight is 1580 g/mol. The van der Waals surface area contributed by atoms with E-state index in [4.69, 9.17) is 51.9 Å². The zero-order valence-corrected chi connectivity index (χ0v) is 63.8. The molecular weight excluding hydrogens is 1500 g/mol. The Morgan fingerprint density at radius 1 is 0.394 bits per heavy atom. The van der Waals surface area contributed by atoms with Crippen LogP contribution >= 0.6 is 56.9 Å². The normalized spacial score (nSPS) is 14.9. The Labute approximate surface area is 646 Å². The lowest BCUT2D eigenvalue weighted by Gasteiger charge is -2.22. The molecule has 29 heteroatoms. The van der Waals surface area contributed by atoms with Crippen LogP contribution in [0.3, 0.4) is 0 Å². The van der Waals surface area contributed by atoms with Crippen molar-refractivity contribution in [3.63, 3.8) is 0 Å². The van der Waals surface area contributed by atoms with Gasteiger partial charge in [0.25, 0.3) is 11.8 Å². The van der Waals surface area contributed by atoms with Crippen molar-refractivity contribution in [2.45, 2.75) is 167 Å². The lowest BCUT2D eigenvalue weighted by atomic mass is 9.98. The first-order valence-electron chi connectivity index (χ1n) is 36.4. The van der Waals surface area contributed by atoms with E-state index in [1.54, 1.807) is 50.2 Å². The number of primary amides is 2. The van der Waals surface area contributed by atoms with Crippen LogP contribution < -0.4 is 25.7 Å². The predicted octanol–water partition coefficient (Wildman–Crippen LogP) is 19.6. The summed E-state index contributed by atoms with van der Waals surface area (Å²) in [6.45, 7) is 3.96. The van der Waals surface area contributed by atoms with Crippen LogP contribution in [0.5, 0.6) is 17.6 Å². The van der Waals surface area contributed by atoms with Gasteiger partial charge in [-0.1, -0.05) is 98.7 Å². The number of nitrogens with two attached hydrogens (primary N) is 2. The average Bonchev–Trinajstić information content (AvgIpc) is 1.65. The SMILES string of the molecule is CCOC(=O)c1nnc(Cl)c2cc(-c3cccc(F)c3)sc12.CCOC(=O)c1nnc(OC2CCCCC2)c2cc(-c3cccc(F)c3)sc12.NC(=O)c1nnc(OC2CCCCC2)c2cc(-c3cccc(F)c3)sc12.NC(=O)c1nnc(OC2CCCCC2)c2cc(-c3cccc(F)c3)sc12.OC1CCCCC1. The number of hydrogen-bond donors (Lipinski definition) is 3. The highest BCUT2D eigenvalue weighted by Gasteiger charge is 2.28. The van der Waals surface area contributed by atoms with Gasteiger partial charge in [-0.15, -0.1) is 86.1 Å². The first-order chi connectivity index (χ1) is 52.9. The van der Waals surface area contributed by atoms with E-state index in [2.05, 4.69) is 40.8 Å². The number of nitrogens with zero attached hydrogens (tertiary/aromatic N) is 8. The Morgan fingerprint density at radius 3 is 0.954 bits per heavy atom. The number of fused-ring (bicyclic) bond motifs is 4. The van der Waals surface area contributed by atoms with Gasteiger partial charge in [-0.3, -0.25) is 9.59 Å². The smallest absolute Gasteiger partial charge is 0.360 e. The maximum absolute atomic E-state index is 13.7. The number of rotatable bonds is 16. The lowest BCUT2D eigenvalue weighted by Crippen LogP contribution is -2.21.